The number of nitrogens with zero attached hydrogens (tertiary/aromatic N) is 2. The third-order valence-electron chi connectivity index (χ3n) is 2.85. The van der Waals surface area contributed by atoms with Crippen molar-refractivity contribution in [2.75, 3.05) is 18.5 Å². The van der Waals surface area contributed by atoms with Gasteiger partial charge in [-0.1, -0.05) is 6.92 Å². The Kier molecular flexibility index (Phi) is 4.61. The highest BCUT2D eigenvalue weighted by Crippen LogP contribution is 2.23. The lowest BCUT2D eigenvalue weighted by Gasteiger charge is -2.11. The van der Waals surface area contributed by atoms with E-state index in [1.807, 2.05) is 30.7 Å². The van der Waals surface area contributed by atoms with E-state index < -0.39 is 0 Å². The minimum absolute atomic E-state index is 0.274. The molecule has 0 aliphatic heterocycles. The lowest BCUT2D eigenvalue weighted by molar-refractivity contribution is 0.321. The van der Waals surface area contributed by atoms with E-state index in [9.17, 15) is 4.39 Å². The zero-order valence-corrected chi connectivity index (χ0v) is 12.1. The number of benzene rings is 1. The van der Waals surface area contributed by atoms with Crippen molar-refractivity contribution in [3.63, 3.8) is 0 Å². The van der Waals surface area contributed by atoms with Crippen molar-refractivity contribution in [3.8, 4) is 11.4 Å². The number of halogens is 1. The van der Waals surface area contributed by atoms with E-state index in [4.69, 9.17) is 4.74 Å². The number of anilines is 1. The molecule has 2 aromatic rings. The maximum atomic E-state index is 13.9. The topological polar surface area (TPSA) is 39.1 Å². The third kappa shape index (κ3) is 3.10. The second-order valence-corrected chi connectivity index (χ2v) is 4.55. The van der Waals surface area contributed by atoms with Crippen LogP contribution in [0.4, 0.5) is 10.3 Å². The number of ether oxygens (including phenoxy) is 1. The molecule has 4 nitrogen and oxygen atoms in total. The van der Waals surface area contributed by atoms with Crippen LogP contribution in [-0.2, 0) is 0 Å². The van der Waals surface area contributed by atoms with Crippen molar-refractivity contribution in [1.29, 1.82) is 0 Å². The van der Waals surface area contributed by atoms with Crippen LogP contribution in [-0.4, -0.2) is 22.7 Å². The molecule has 2 rings (SSSR count). The van der Waals surface area contributed by atoms with Gasteiger partial charge in [0, 0.05) is 18.8 Å². The van der Waals surface area contributed by atoms with Gasteiger partial charge in [0.1, 0.15) is 0 Å². The molecule has 0 aliphatic rings. The molecule has 1 N–H and O–H groups in total. The molecular formula is C15H20FN3O. The second-order valence-electron chi connectivity index (χ2n) is 4.55. The quantitative estimate of drug-likeness (QED) is 0.877. The van der Waals surface area contributed by atoms with Crippen LogP contribution in [0.15, 0.2) is 24.4 Å². The van der Waals surface area contributed by atoms with Crippen molar-refractivity contribution in [1.82, 2.24) is 9.55 Å². The van der Waals surface area contributed by atoms with Gasteiger partial charge in [-0.3, -0.25) is 4.57 Å². The molecule has 0 fully saturated rings. The number of imidazole rings is 1. The minimum Gasteiger partial charge on any atom is -0.491 e. The molecule has 1 heterocycles. The summed E-state index contributed by atoms with van der Waals surface area (Å²) in [6, 6.07) is 4.93. The van der Waals surface area contributed by atoms with Gasteiger partial charge in [-0.05, 0) is 32.4 Å². The Hall–Kier alpha value is -2.04. The predicted molar refractivity (Wildman–Crippen MR) is 78.2 cm³/mol. The summed E-state index contributed by atoms with van der Waals surface area (Å²) >= 11 is 0. The van der Waals surface area contributed by atoms with Crippen LogP contribution in [0.2, 0.25) is 0 Å². The molecule has 0 atom stereocenters. The summed E-state index contributed by atoms with van der Waals surface area (Å²) in [5, 5.41) is 3.24. The highest BCUT2D eigenvalue weighted by atomic mass is 19.1. The highest BCUT2D eigenvalue weighted by molar-refractivity contribution is 5.45. The summed E-state index contributed by atoms with van der Waals surface area (Å²) in [5.74, 6) is 0.640. The van der Waals surface area contributed by atoms with Crippen molar-refractivity contribution in [2.45, 2.75) is 27.2 Å². The van der Waals surface area contributed by atoms with Gasteiger partial charge < -0.3 is 10.1 Å². The molecule has 1 aromatic heterocycles. The first-order chi connectivity index (χ1) is 9.65. The number of nitrogens with one attached hydrogen (secondary N) is 1. The Labute approximate surface area is 118 Å². The van der Waals surface area contributed by atoms with E-state index in [1.54, 1.807) is 6.07 Å². The Morgan fingerprint density at radius 2 is 2.15 bits per heavy atom. The summed E-state index contributed by atoms with van der Waals surface area (Å²) in [4.78, 5) is 4.41. The number of aromatic nitrogens is 2. The van der Waals surface area contributed by atoms with Crippen LogP contribution in [0.5, 0.6) is 5.75 Å². The van der Waals surface area contributed by atoms with E-state index in [1.165, 1.54) is 6.07 Å². The average Bonchev–Trinajstić information content (AvgIpc) is 2.80. The average molecular weight is 277 g/mol. The van der Waals surface area contributed by atoms with Gasteiger partial charge in [-0.2, -0.15) is 0 Å². The lowest BCUT2D eigenvalue weighted by atomic mass is 10.3. The first-order valence-corrected chi connectivity index (χ1v) is 6.88. The molecule has 0 spiro atoms. The summed E-state index contributed by atoms with van der Waals surface area (Å²) in [5.41, 5.74) is 1.61. The highest BCUT2D eigenvalue weighted by Gasteiger charge is 2.10. The Balaban J connectivity index is 2.33. The van der Waals surface area contributed by atoms with Gasteiger partial charge in [0.25, 0.3) is 0 Å². The maximum Gasteiger partial charge on any atom is 0.207 e. The molecule has 5 heteroatoms. The van der Waals surface area contributed by atoms with Crippen LogP contribution < -0.4 is 10.1 Å². The molecule has 0 radical (unpaired) electrons. The van der Waals surface area contributed by atoms with Crippen molar-refractivity contribution >= 4 is 5.95 Å². The first-order valence-electron chi connectivity index (χ1n) is 6.88. The van der Waals surface area contributed by atoms with Crippen molar-refractivity contribution < 1.29 is 9.13 Å². The number of hydrogen-bond donors (Lipinski definition) is 1. The molecule has 0 unspecified atom stereocenters. The van der Waals surface area contributed by atoms with E-state index in [-0.39, 0.29) is 11.6 Å². The van der Waals surface area contributed by atoms with Crippen LogP contribution in [0, 0.1) is 12.7 Å². The minimum atomic E-state index is -0.364. The largest absolute Gasteiger partial charge is 0.491 e. The maximum absolute atomic E-state index is 13.9. The lowest BCUT2D eigenvalue weighted by Crippen LogP contribution is -2.07. The molecule has 0 amide bonds. The Bertz CT molecular complexity index is 580. The molecule has 108 valence electrons. The summed E-state index contributed by atoms with van der Waals surface area (Å²) < 4.78 is 21.0. The molecule has 0 saturated carbocycles. The number of hydrogen-bond acceptors (Lipinski definition) is 3. The summed E-state index contributed by atoms with van der Waals surface area (Å²) in [6.45, 7) is 7.11. The predicted octanol–water partition coefficient (Wildman–Crippen LogP) is 3.54. The van der Waals surface area contributed by atoms with Crippen LogP contribution in [0.25, 0.3) is 5.69 Å². The monoisotopic (exact) mass is 277 g/mol. The van der Waals surface area contributed by atoms with E-state index >= 15 is 0 Å². The fourth-order valence-corrected chi connectivity index (χ4v) is 1.97. The SMILES string of the molecule is CCCNc1nc(C)cn1-c1ccc(OCC)c(F)c1. The fourth-order valence-electron chi connectivity index (χ4n) is 1.97. The van der Waals surface area contributed by atoms with Gasteiger partial charge in [0.05, 0.1) is 18.0 Å². The van der Waals surface area contributed by atoms with Gasteiger partial charge in [0.15, 0.2) is 11.6 Å². The van der Waals surface area contributed by atoms with Crippen LogP contribution in [0.3, 0.4) is 0 Å². The van der Waals surface area contributed by atoms with Gasteiger partial charge >= 0.3 is 0 Å². The second kappa shape index (κ2) is 6.41. The molecule has 0 bridgehead atoms. The van der Waals surface area contributed by atoms with E-state index in [0.29, 0.717) is 6.61 Å². The number of rotatable bonds is 6. The van der Waals surface area contributed by atoms with E-state index in [0.717, 1.165) is 30.3 Å². The van der Waals surface area contributed by atoms with Gasteiger partial charge in [0.2, 0.25) is 5.95 Å². The standard InChI is InChI=1S/C15H20FN3O/c1-4-8-17-15-18-11(3)10-19(15)12-6-7-14(20-5-2)13(16)9-12/h6-7,9-10H,4-5,8H2,1-3H3,(H,17,18). The number of aryl methyl sites for hydroxylation is 1. The van der Waals surface area contributed by atoms with Gasteiger partial charge in [-0.15, -0.1) is 0 Å². The van der Waals surface area contributed by atoms with Crippen molar-refractivity contribution in [2.24, 2.45) is 0 Å². The van der Waals surface area contributed by atoms with Crippen LogP contribution in [0.1, 0.15) is 26.0 Å². The fraction of sp³-hybridized carbons (Fsp3) is 0.400. The smallest absolute Gasteiger partial charge is 0.207 e. The first kappa shape index (κ1) is 14.4. The van der Waals surface area contributed by atoms with Gasteiger partial charge in [-0.25, -0.2) is 9.37 Å². The van der Waals surface area contributed by atoms with Crippen molar-refractivity contribution in [3.05, 3.63) is 35.9 Å². The normalized spacial score (nSPS) is 10.6. The Morgan fingerprint density at radius 1 is 1.35 bits per heavy atom. The molecule has 1 aromatic carbocycles. The summed E-state index contributed by atoms with van der Waals surface area (Å²) in [6.07, 6.45) is 2.89. The molecule has 20 heavy (non-hydrogen) atoms. The molecular weight excluding hydrogens is 257 g/mol. The molecule has 0 saturated heterocycles. The summed E-state index contributed by atoms with van der Waals surface area (Å²) in [7, 11) is 0. The zero-order valence-electron chi connectivity index (χ0n) is 12.1. The zero-order chi connectivity index (χ0) is 14.5. The molecule has 0 aliphatic carbocycles. The Morgan fingerprint density at radius 3 is 2.80 bits per heavy atom. The van der Waals surface area contributed by atoms with E-state index in [2.05, 4.69) is 17.2 Å². The van der Waals surface area contributed by atoms with Crippen LogP contribution >= 0.6 is 0 Å². The third-order valence-corrected chi connectivity index (χ3v) is 2.85.